The van der Waals surface area contributed by atoms with Crippen LogP contribution in [0, 0.1) is 27.7 Å². The van der Waals surface area contributed by atoms with E-state index in [-0.39, 0.29) is 11.5 Å². The Bertz CT molecular complexity index is 872. The van der Waals surface area contributed by atoms with E-state index in [0.717, 1.165) is 33.6 Å². The third-order valence-corrected chi connectivity index (χ3v) is 4.60. The van der Waals surface area contributed by atoms with E-state index in [4.69, 9.17) is 8.83 Å². The zero-order valence-corrected chi connectivity index (χ0v) is 14.9. The highest BCUT2D eigenvalue weighted by Gasteiger charge is 2.17. The van der Waals surface area contributed by atoms with Crippen molar-refractivity contribution in [3.8, 4) is 11.5 Å². The summed E-state index contributed by atoms with van der Waals surface area (Å²) in [4.78, 5) is 12.5. The van der Waals surface area contributed by atoms with Crippen LogP contribution in [0.4, 0.5) is 0 Å². The van der Waals surface area contributed by atoms with E-state index in [9.17, 15) is 4.79 Å². The topological polar surface area (TPSA) is 69.1 Å². The van der Waals surface area contributed by atoms with Crippen LogP contribution in [0.3, 0.4) is 0 Å². The van der Waals surface area contributed by atoms with Crippen molar-refractivity contribution in [2.24, 2.45) is 0 Å². The van der Waals surface area contributed by atoms with Crippen LogP contribution in [0.1, 0.15) is 32.8 Å². The van der Waals surface area contributed by atoms with Gasteiger partial charge in [-0.15, -0.1) is 10.2 Å². The lowest BCUT2D eigenvalue weighted by Crippen LogP contribution is -2.07. The Morgan fingerprint density at radius 3 is 2.46 bits per heavy atom. The Labute approximate surface area is 144 Å². The van der Waals surface area contributed by atoms with E-state index in [1.807, 2.05) is 39.8 Å². The molecule has 1 aromatic carbocycles. The fourth-order valence-electron chi connectivity index (χ4n) is 2.80. The van der Waals surface area contributed by atoms with Gasteiger partial charge in [0.2, 0.25) is 0 Å². The molecule has 3 aromatic rings. The maximum absolute atomic E-state index is 12.5. The molecule has 0 fully saturated rings. The molecule has 0 radical (unpaired) electrons. The first kappa shape index (κ1) is 16.5. The molecule has 2 aromatic heterocycles. The van der Waals surface area contributed by atoms with Gasteiger partial charge in [-0.05, 0) is 44.9 Å². The van der Waals surface area contributed by atoms with Crippen molar-refractivity contribution < 1.29 is 13.6 Å². The molecular formula is C18H18N2O3S. The summed E-state index contributed by atoms with van der Waals surface area (Å²) >= 11 is 1.25. The van der Waals surface area contributed by atoms with E-state index in [1.54, 1.807) is 12.3 Å². The molecular weight excluding hydrogens is 324 g/mol. The van der Waals surface area contributed by atoms with E-state index in [1.165, 1.54) is 11.8 Å². The molecule has 0 bridgehead atoms. The number of thioether (sulfide) groups is 1. The number of carbonyl (C=O) groups excluding carboxylic acids is 1. The number of benzene rings is 1. The largest absolute Gasteiger partial charge is 0.469 e. The molecule has 0 saturated carbocycles. The van der Waals surface area contributed by atoms with E-state index < -0.39 is 0 Å². The number of Topliss-reactive ketones (excluding diaryl/α,β-unsaturated/α-hetero) is 1. The van der Waals surface area contributed by atoms with Gasteiger partial charge in [-0.3, -0.25) is 4.79 Å². The Morgan fingerprint density at radius 1 is 1.12 bits per heavy atom. The van der Waals surface area contributed by atoms with Crippen LogP contribution < -0.4 is 0 Å². The standard InChI is InChI=1S/C18H18N2O3S/c1-10-7-11(2)16(12(3)8-10)15(21)9-24-18-20-19-17(23-18)14-5-6-22-13(14)4/h5-8H,9H2,1-4H3. The molecule has 0 saturated heterocycles. The molecule has 3 rings (SSSR count). The fraction of sp³-hybridized carbons (Fsp3) is 0.278. The second-order valence-corrected chi connectivity index (χ2v) is 6.68. The predicted octanol–water partition coefficient (Wildman–Crippen LogP) is 4.54. The Kier molecular flexibility index (Phi) is 4.57. The molecule has 0 spiro atoms. The molecule has 0 unspecified atom stereocenters. The average molecular weight is 342 g/mol. The maximum Gasteiger partial charge on any atom is 0.277 e. The normalized spacial score (nSPS) is 11.0. The second kappa shape index (κ2) is 6.65. The molecule has 24 heavy (non-hydrogen) atoms. The van der Waals surface area contributed by atoms with Gasteiger partial charge in [-0.1, -0.05) is 29.5 Å². The number of furan rings is 1. The smallest absolute Gasteiger partial charge is 0.277 e. The quantitative estimate of drug-likeness (QED) is 0.501. The van der Waals surface area contributed by atoms with Crippen LogP contribution in [-0.4, -0.2) is 21.7 Å². The summed E-state index contributed by atoms with van der Waals surface area (Å²) in [6, 6.07) is 5.83. The predicted molar refractivity (Wildman–Crippen MR) is 92.4 cm³/mol. The van der Waals surface area contributed by atoms with Gasteiger partial charge < -0.3 is 8.83 Å². The summed E-state index contributed by atoms with van der Waals surface area (Å²) in [5.41, 5.74) is 4.70. The lowest BCUT2D eigenvalue weighted by atomic mass is 9.97. The van der Waals surface area contributed by atoms with Crippen LogP contribution in [0.5, 0.6) is 0 Å². The second-order valence-electron chi connectivity index (χ2n) is 5.75. The summed E-state index contributed by atoms with van der Waals surface area (Å²) < 4.78 is 10.8. The van der Waals surface area contributed by atoms with Crippen molar-refractivity contribution in [1.29, 1.82) is 0 Å². The molecule has 0 aliphatic carbocycles. The maximum atomic E-state index is 12.5. The molecule has 2 heterocycles. The van der Waals surface area contributed by atoms with Crippen molar-refractivity contribution in [1.82, 2.24) is 10.2 Å². The van der Waals surface area contributed by atoms with E-state index >= 15 is 0 Å². The van der Waals surface area contributed by atoms with Crippen LogP contribution in [0.15, 0.2) is 38.5 Å². The number of hydrogen-bond donors (Lipinski definition) is 0. The van der Waals surface area contributed by atoms with Crippen molar-refractivity contribution in [2.75, 3.05) is 5.75 Å². The highest BCUT2D eigenvalue weighted by molar-refractivity contribution is 7.99. The van der Waals surface area contributed by atoms with Crippen LogP contribution in [-0.2, 0) is 0 Å². The Balaban J connectivity index is 1.72. The SMILES string of the molecule is Cc1cc(C)c(C(=O)CSc2nnc(-c3ccoc3C)o2)c(C)c1. The monoisotopic (exact) mass is 342 g/mol. The van der Waals surface area contributed by atoms with Crippen LogP contribution in [0.2, 0.25) is 0 Å². The molecule has 0 N–H and O–H groups in total. The van der Waals surface area contributed by atoms with Gasteiger partial charge in [0.25, 0.3) is 11.1 Å². The average Bonchev–Trinajstić information content (AvgIpc) is 3.12. The fourth-order valence-corrected chi connectivity index (χ4v) is 3.44. The molecule has 6 heteroatoms. The number of rotatable bonds is 5. The number of hydrogen-bond acceptors (Lipinski definition) is 6. The van der Waals surface area contributed by atoms with Crippen LogP contribution >= 0.6 is 11.8 Å². The number of carbonyl (C=O) groups is 1. The first-order valence-corrected chi connectivity index (χ1v) is 8.56. The van der Waals surface area contributed by atoms with E-state index in [2.05, 4.69) is 10.2 Å². The minimum atomic E-state index is 0.0641. The molecule has 0 amide bonds. The third-order valence-electron chi connectivity index (χ3n) is 3.78. The number of aromatic nitrogens is 2. The third kappa shape index (κ3) is 3.28. The summed E-state index contributed by atoms with van der Waals surface area (Å²) in [6.07, 6.45) is 1.58. The van der Waals surface area contributed by atoms with Gasteiger partial charge in [-0.25, -0.2) is 0 Å². The highest BCUT2D eigenvalue weighted by Crippen LogP contribution is 2.27. The first-order chi connectivity index (χ1) is 11.5. The van der Waals surface area contributed by atoms with Gasteiger partial charge in [0.15, 0.2) is 5.78 Å². The zero-order valence-electron chi connectivity index (χ0n) is 14.0. The zero-order chi connectivity index (χ0) is 17.3. The lowest BCUT2D eigenvalue weighted by Gasteiger charge is -2.09. The Morgan fingerprint density at radius 2 is 1.83 bits per heavy atom. The molecule has 5 nitrogen and oxygen atoms in total. The Hall–Kier alpha value is -2.34. The van der Waals surface area contributed by atoms with Crippen molar-refractivity contribution >= 4 is 17.5 Å². The number of nitrogens with zero attached hydrogens (tertiary/aromatic N) is 2. The summed E-state index contributed by atoms with van der Waals surface area (Å²) in [6.45, 7) is 7.79. The first-order valence-electron chi connectivity index (χ1n) is 7.57. The molecule has 0 aliphatic heterocycles. The minimum Gasteiger partial charge on any atom is -0.469 e. The molecule has 0 aliphatic rings. The van der Waals surface area contributed by atoms with Crippen LogP contribution in [0.25, 0.3) is 11.5 Å². The van der Waals surface area contributed by atoms with Crippen molar-refractivity contribution in [3.63, 3.8) is 0 Å². The summed E-state index contributed by atoms with van der Waals surface area (Å²) in [5, 5.41) is 8.37. The molecule has 0 atom stereocenters. The van der Waals surface area contributed by atoms with Gasteiger partial charge in [0.05, 0.1) is 17.6 Å². The summed E-state index contributed by atoms with van der Waals surface area (Å²) in [5.74, 6) is 1.45. The number of ketones is 1. The van der Waals surface area contributed by atoms with E-state index in [0.29, 0.717) is 11.1 Å². The molecule has 124 valence electrons. The van der Waals surface area contributed by atoms with Gasteiger partial charge in [0.1, 0.15) is 5.76 Å². The van der Waals surface area contributed by atoms with Crippen molar-refractivity contribution in [3.05, 3.63) is 52.5 Å². The van der Waals surface area contributed by atoms with Gasteiger partial charge in [-0.2, -0.15) is 0 Å². The number of aryl methyl sites for hydroxylation is 4. The lowest BCUT2D eigenvalue weighted by molar-refractivity contribution is 0.102. The highest BCUT2D eigenvalue weighted by atomic mass is 32.2. The summed E-state index contributed by atoms with van der Waals surface area (Å²) in [7, 11) is 0. The van der Waals surface area contributed by atoms with Gasteiger partial charge >= 0.3 is 0 Å². The van der Waals surface area contributed by atoms with Crippen molar-refractivity contribution in [2.45, 2.75) is 32.9 Å². The minimum absolute atomic E-state index is 0.0641. The van der Waals surface area contributed by atoms with Gasteiger partial charge in [0, 0.05) is 5.56 Å².